The number of aromatic nitrogens is 1. The molecule has 1 aromatic heterocycles. The van der Waals surface area contributed by atoms with Crippen LogP contribution in [0, 0.1) is 5.92 Å². The van der Waals surface area contributed by atoms with Gasteiger partial charge in [0, 0.05) is 6.54 Å². The van der Waals surface area contributed by atoms with Crippen molar-refractivity contribution >= 4 is 23.0 Å². The van der Waals surface area contributed by atoms with Crippen LogP contribution >= 0.6 is 0 Å². The largest absolute Gasteiger partial charge is 0.424 e. The first-order chi connectivity index (χ1) is 8.65. The smallest absolute Gasteiger partial charge is 0.296 e. The highest BCUT2D eigenvalue weighted by Crippen LogP contribution is 2.17. The molecular weight excluding hydrogens is 230 g/mol. The molecule has 0 spiro atoms. The molecule has 2 N–H and O–H groups in total. The lowest BCUT2D eigenvalue weighted by Crippen LogP contribution is -2.32. The Kier molecular flexibility index (Phi) is 3.82. The lowest BCUT2D eigenvalue weighted by Gasteiger charge is -2.07. The maximum absolute atomic E-state index is 11.5. The molecule has 0 unspecified atom stereocenters. The minimum absolute atomic E-state index is 0.0639. The molecular formula is C13H17N3O2. The molecule has 1 amide bonds. The quantitative estimate of drug-likeness (QED) is 0.848. The van der Waals surface area contributed by atoms with Crippen molar-refractivity contribution in [3.8, 4) is 0 Å². The predicted octanol–water partition coefficient (Wildman–Crippen LogP) is 2.01. The highest BCUT2D eigenvalue weighted by Gasteiger charge is 2.06. The van der Waals surface area contributed by atoms with Crippen LogP contribution in [0.4, 0.5) is 6.01 Å². The van der Waals surface area contributed by atoms with Crippen molar-refractivity contribution in [3.63, 3.8) is 0 Å². The Labute approximate surface area is 106 Å². The fourth-order valence-corrected chi connectivity index (χ4v) is 1.48. The van der Waals surface area contributed by atoms with Crippen LogP contribution in [0.1, 0.15) is 13.8 Å². The summed E-state index contributed by atoms with van der Waals surface area (Å²) in [6.07, 6.45) is 0. The lowest BCUT2D eigenvalue weighted by atomic mass is 10.2. The lowest BCUT2D eigenvalue weighted by molar-refractivity contribution is -0.119. The molecule has 1 heterocycles. The zero-order valence-corrected chi connectivity index (χ0v) is 10.6. The summed E-state index contributed by atoms with van der Waals surface area (Å²) >= 11 is 0. The molecule has 0 saturated carbocycles. The highest BCUT2D eigenvalue weighted by molar-refractivity contribution is 5.80. The number of nitrogens with zero attached hydrogens (tertiary/aromatic N) is 1. The molecule has 5 heteroatoms. The van der Waals surface area contributed by atoms with E-state index in [1.807, 2.05) is 24.3 Å². The summed E-state index contributed by atoms with van der Waals surface area (Å²) in [7, 11) is 0. The first-order valence-corrected chi connectivity index (χ1v) is 6.01. The zero-order valence-electron chi connectivity index (χ0n) is 10.6. The Bertz CT molecular complexity index is 501. The number of fused-ring (bicyclic) bond motifs is 1. The molecule has 5 nitrogen and oxygen atoms in total. The molecule has 18 heavy (non-hydrogen) atoms. The molecule has 0 fully saturated rings. The van der Waals surface area contributed by atoms with Crippen LogP contribution < -0.4 is 10.6 Å². The van der Waals surface area contributed by atoms with Gasteiger partial charge in [-0.05, 0) is 18.1 Å². The Morgan fingerprint density at radius 2 is 2.17 bits per heavy atom. The van der Waals surface area contributed by atoms with Crippen LogP contribution in [0.15, 0.2) is 28.7 Å². The molecule has 2 aromatic rings. The third-order valence-electron chi connectivity index (χ3n) is 2.40. The topological polar surface area (TPSA) is 67.2 Å². The number of benzene rings is 1. The van der Waals surface area contributed by atoms with Crippen molar-refractivity contribution in [2.45, 2.75) is 13.8 Å². The van der Waals surface area contributed by atoms with E-state index in [2.05, 4.69) is 29.5 Å². The molecule has 0 aliphatic carbocycles. The van der Waals surface area contributed by atoms with E-state index in [-0.39, 0.29) is 12.5 Å². The number of hydrogen-bond donors (Lipinski definition) is 2. The van der Waals surface area contributed by atoms with Crippen LogP contribution in [0.25, 0.3) is 11.1 Å². The average molecular weight is 247 g/mol. The second-order valence-corrected chi connectivity index (χ2v) is 4.54. The van der Waals surface area contributed by atoms with Crippen molar-refractivity contribution in [3.05, 3.63) is 24.3 Å². The van der Waals surface area contributed by atoms with Crippen LogP contribution in [-0.2, 0) is 4.79 Å². The van der Waals surface area contributed by atoms with Gasteiger partial charge in [0.25, 0.3) is 6.01 Å². The number of para-hydroxylation sites is 2. The van der Waals surface area contributed by atoms with E-state index in [1.54, 1.807) is 0 Å². The summed E-state index contributed by atoms with van der Waals surface area (Å²) in [6, 6.07) is 7.85. The van der Waals surface area contributed by atoms with Crippen molar-refractivity contribution in [2.75, 3.05) is 18.4 Å². The maximum Gasteiger partial charge on any atom is 0.296 e. The van der Waals surface area contributed by atoms with Gasteiger partial charge in [0.1, 0.15) is 5.52 Å². The van der Waals surface area contributed by atoms with Crippen LogP contribution in [-0.4, -0.2) is 24.0 Å². The van der Waals surface area contributed by atoms with Gasteiger partial charge in [0.05, 0.1) is 6.54 Å². The van der Waals surface area contributed by atoms with Gasteiger partial charge < -0.3 is 15.1 Å². The standard InChI is InChI=1S/C13H17N3O2/c1-9(2)7-14-12(17)8-15-13-16-10-5-3-4-6-11(10)18-13/h3-6,9H,7-8H2,1-2H3,(H,14,17)(H,15,16). The van der Waals surface area contributed by atoms with E-state index >= 15 is 0 Å². The molecule has 0 atom stereocenters. The van der Waals surface area contributed by atoms with E-state index in [1.165, 1.54) is 0 Å². The van der Waals surface area contributed by atoms with Gasteiger partial charge in [-0.3, -0.25) is 4.79 Å². The van der Waals surface area contributed by atoms with Crippen molar-refractivity contribution in [1.29, 1.82) is 0 Å². The van der Waals surface area contributed by atoms with Gasteiger partial charge >= 0.3 is 0 Å². The van der Waals surface area contributed by atoms with Gasteiger partial charge in [0.15, 0.2) is 5.58 Å². The molecule has 0 radical (unpaired) electrons. The number of nitrogens with one attached hydrogen (secondary N) is 2. The predicted molar refractivity (Wildman–Crippen MR) is 70.3 cm³/mol. The number of oxazole rings is 1. The van der Waals surface area contributed by atoms with E-state index in [0.717, 1.165) is 5.52 Å². The summed E-state index contributed by atoms with van der Waals surface area (Å²) in [5.41, 5.74) is 1.49. The third kappa shape index (κ3) is 3.23. The average Bonchev–Trinajstić information content (AvgIpc) is 2.76. The molecule has 0 aliphatic rings. The summed E-state index contributed by atoms with van der Waals surface area (Å²) in [5.74, 6) is 0.379. The number of anilines is 1. The Morgan fingerprint density at radius 1 is 1.39 bits per heavy atom. The van der Waals surface area contributed by atoms with E-state index in [0.29, 0.717) is 24.1 Å². The van der Waals surface area contributed by atoms with Crippen LogP contribution in [0.3, 0.4) is 0 Å². The first kappa shape index (κ1) is 12.4. The molecule has 0 aliphatic heterocycles. The molecule has 2 rings (SSSR count). The SMILES string of the molecule is CC(C)CNC(=O)CNc1nc2ccccc2o1. The zero-order chi connectivity index (χ0) is 13.0. The minimum atomic E-state index is -0.0639. The van der Waals surface area contributed by atoms with Crippen molar-refractivity contribution < 1.29 is 9.21 Å². The molecule has 0 saturated heterocycles. The molecule has 96 valence electrons. The Morgan fingerprint density at radius 3 is 2.89 bits per heavy atom. The van der Waals surface area contributed by atoms with Crippen LogP contribution in [0.2, 0.25) is 0 Å². The van der Waals surface area contributed by atoms with Gasteiger partial charge in [-0.2, -0.15) is 4.98 Å². The van der Waals surface area contributed by atoms with Gasteiger partial charge in [-0.1, -0.05) is 26.0 Å². The summed E-state index contributed by atoms with van der Waals surface area (Å²) < 4.78 is 5.44. The molecule has 1 aromatic carbocycles. The fourth-order valence-electron chi connectivity index (χ4n) is 1.48. The number of carbonyl (C=O) groups excluding carboxylic acids is 1. The second kappa shape index (κ2) is 5.53. The monoisotopic (exact) mass is 247 g/mol. The fraction of sp³-hybridized carbons (Fsp3) is 0.385. The van der Waals surface area contributed by atoms with Crippen molar-refractivity contribution in [2.24, 2.45) is 5.92 Å². The van der Waals surface area contributed by atoms with Gasteiger partial charge in [-0.25, -0.2) is 0 Å². The summed E-state index contributed by atoms with van der Waals surface area (Å²) in [6.45, 7) is 4.94. The number of amides is 1. The maximum atomic E-state index is 11.5. The summed E-state index contributed by atoms with van der Waals surface area (Å²) in [5, 5.41) is 5.68. The van der Waals surface area contributed by atoms with E-state index < -0.39 is 0 Å². The second-order valence-electron chi connectivity index (χ2n) is 4.54. The van der Waals surface area contributed by atoms with Gasteiger partial charge in [0.2, 0.25) is 5.91 Å². The third-order valence-corrected chi connectivity index (χ3v) is 2.40. The number of hydrogen-bond acceptors (Lipinski definition) is 4. The van der Waals surface area contributed by atoms with Crippen molar-refractivity contribution in [1.82, 2.24) is 10.3 Å². The highest BCUT2D eigenvalue weighted by atomic mass is 16.4. The van der Waals surface area contributed by atoms with E-state index in [9.17, 15) is 4.79 Å². The number of rotatable bonds is 5. The van der Waals surface area contributed by atoms with Gasteiger partial charge in [-0.15, -0.1) is 0 Å². The number of carbonyl (C=O) groups is 1. The minimum Gasteiger partial charge on any atom is -0.424 e. The Balaban J connectivity index is 1.88. The van der Waals surface area contributed by atoms with Crippen LogP contribution in [0.5, 0.6) is 0 Å². The molecule has 0 bridgehead atoms. The Hall–Kier alpha value is -2.04. The summed E-state index contributed by atoms with van der Waals surface area (Å²) in [4.78, 5) is 15.7. The van der Waals surface area contributed by atoms with E-state index in [4.69, 9.17) is 4.42 Å². The normalized spacial score (nSPS) is 10.8. The first-order valence-electron chi connectivity index (χ1n) is 6.01.